The van der Waals surface area contributed by atoms with Crippen molar-refractivity contribution in [2.45, 2.75) is 19.8 Å². The highest BCUT2D eigenvalue weighted by Gasteiger charge is 2.01. The molecule has 0 aliphatic carbocycles. The third kappa shape index (κ3) is 2.96. The summed E-state index contributed by atoms with van der Waals surface area (Å²) in [6, 6.07) is 7.47. The number of halogens is 1. The van der Waals surface area contributed by atoms with Crippen LogP contribution in [0.4, 0.5) is 0 Å². The van der Waals surface area contributed by atoms with E-state index in [0.29, 0.717) is 0 Å². The first-order chi connectivity index (χ1) is 6.65. The van der Waals surface area contributed by atoms with Gasteiger partial charge in [0.2, 0.25) is 0 Å². The molecule has 1 rings (SSSR count). The Balaban J connectivity index is 2.93. The van der Waals surface area contributed by atoms with Gasteiger partial charge in [-0.1, -0.05) is 37.1 Å². The molecule has 0 amide bonds. The molecule has 2 N–H and O–H groups in total. The molecule has 0 radical (unpaired) electrons. The summed E-state index contributed by atoms with van der Waals surface area (Å²) in [5.74, 6) is 0. The van der Waals surface area contributed by atoms with Gasteiger partial charge in [0.05, 0.1) is 0 Å². The standard InChI is InChI=1S/C11H14ClNS/c1-2-3-10(14)11(13)8-4-6-9(12)7-5-8/h4-7,14H,2-3,13H2,1H3/b11-10-. The van der Waals surface area contributed by atoms with Gasteiger partial charge in [-0.3, -0.25) is 0 Å². The van der Waals surface area contributed by atoms with Crippen molar-refractivity contribution < 1.29 is 0 Å². The fourth-order valence-electron chi connectivity index (χ4n) is 1.17. The van der Waals surface area contributed by atoms with E-state index in [1.807, 2.05) is 24.3 Å². The number of allylic oxidation sites excluding steroid dienone is 1. The van der Waals surface area contributed by atoms with E-state index in [1.165, 1.54) is 0 Å². The quantitative estimate of drug-likeness (QED) is 0.757. The Bertz CT molecular complexity index is 330. The molecule has 14 heavy (non-hydrogen) atoms. The van der Waals surface area contributed by atoms with Gasteiger partial charge in [0.1, 0.15) is 0 Å². The number of benzene rings is 1. The van der Waals surface area contributed by atoms with Crippen LogP contribution in [0.1, 0.15) is 25.3 Å². The molecule has 0 atom stereocenters. The third-order valence-corrected chi connectivity index (χ3v) is 2.67. The second-order valence-electron chi connectivity index (χ2n) is 3.12. The van der Waals surface area contributed by atoms with Gasteiger partial charge < -0.3 is 5.73 Å². The average molecular weight is 228 g/mol. The lowest BCUT2D eigenvalue weighted by Gasteiger charge is -2.06. The molecular formula is C11H14ClNS. The molecule has 0 bridgehead atoms. The zero-order chi connectivity index (χ0) is 10.6. The second-order valence-corrected chi connectivity index (χ2v) is 4.09. The van der Waals surface area contributed by atoms with Gasteiger partial charge in [-0.05, 0) is 24.1 Å². The summed E-state index contributed by atoms with van der Waals surface area (Å²) in [6.45, 7) is 2.10. The molecule has 1 aromatic rings. The Labute approximate surface area is 95.4 Å². The smallest absolute Gasteiger partial charge is 0.0481 e. The van der Waals surface area contributed by atoms with Crippen LogP contribution < -0.4 is 5.73 Å². The maximum atomic E-state index is 5.93. The Morgan fingerprint density at radius 1 is 1.36 bits per heavy atom. The van der Waals surface area contributed by atoms with Crippen LogP contribution in [0.25, 0.3) is 5.70 Å². The first-order valence-corrected chi connectivity index (χ1v) is 5.41. The molecule has 76 valence electrons. The van der Waals surface area contributed by atoms with E-state index >= 15 is 0 Å². The first kappa shape index (κ1) is 11.5. The monoisotopic (exact) mass is 227 g/mol. The number of thiol groups is 1. The number of hydrogen-bond donors (Lipinski definition) is 2. The molecule has 3 heteroatoms. The lowest BCUT2D eigenvalue weighted by Crippen LogP contribution is -1.98. The lowest BCUT2D eigenvalue weighted by atomic mass is 10.1. The minimum Gasteiger partial charge on any atom is -0.398 e. The highest BCUT2D eigenvalue weighted by molar-refractivity contribution is 7.84. The topological polar surface area (TPSA) is 26.0 Å². The van der Waals surface area contributed by atoms with Crippen LogP contribution >= 0.6 is 24.2 Å². The van der Waals surface area contributed by atoms with Crippen molar-refractivity contribution in [2.24, 2.45) is 5.73 Å². The summed E-state index contributed by atoms with van der Waals surface area (Å²) in [6.07, 6.45) is 1.96. The Morgan fingerprint density at radius 2 is 1.93 bits per heavy atom. The molecule has 0 fully saturated rings. The van der Waals surface area contributed by atoms with Crippen molar-refractivity contribution in [3.63, 3.8) is 0 Å². The third-order valence-electron chi connectivity index (χ3n) is 1.95. The van der Waals surface area contributed by atoms with Crippen molar-refractivity contribution in [1.29, 1.82) is 0 Å². The number of rotatable bonds is 3. The molecule has 0 saturated carbocycles. The Morgan fingerprint density at radius 3 is 2.43 bits per heavy atom. The predicted octanol–water partition coefficient (Wildman–Crippen LogP) is 3.70. The number of nitrogens with two attached hydrogens (primary N) is 1. The molecule has 0 heterocycles. The fourth-order valence-corrected chi connectivity index (χ4v) is 1.65. The van der Waals surface area contributed by atoms with Crippen LogP contribution in [0.15, 0.2) is 29.2 Å². The fraction of sp³-hybridized carbons (Fsp3) is 0.273. The van der Waals surface area contributed by atoms with Crippen molar-refractivity contribution in [3.8, 4) is 0 Å². The lowest BCUT2D eigenvalue weighted by molar-refractivity contribution is 0.948. The highest BCUT2D eigenvalue weighted by Crippen LogP contribution is 2.21. The van der Waals surface area contributed by atoms with Gasteiger partial charge in [0, 0.05) is 15.6 Å². The minimum atomic E-state index is 0.720. The summed E-state index contributed by atoms with van der Waals surface area (Å²) < 4.78 is 0. The van der Waals surface area contributed by atoms with Gasteiger partial charge >= 0.3 is 0 Å². The average Bonchev–Trinajstić information content (AvgIpc) is 2.18. The molecule has 0 aromatic heterocycles. The van der Waals surface area contributed by atoms with Crippen LogP contribution in [-0.4, -0.2) is 0 Å². The van der Waals surface area contributed by atoms with Gasteiger partial charge in [-0.15, -0.1) is 12.6 Å². The molecule has 0 spiro atoms. The first-order valence-electron chi connectivity index (χ1n) is 4.58. The van der Waals surface area contributed by atoms with Gasteiger partial charge in [0.15, 0.2) is 0 Å². The van der Waals surface area contributed by atoms with Gasteiger partial charge in [-0.2, -0.15) is 0 Å². The molecule has 0 aliphatic heterocycles. The van der Waals surface area contributed by atoms with Crippen LogP contribution in [0, 0.1) is 0 Å². The SMILES string of the molecule is CCC/C(S)=C(/N)c1ccc(Cl)cc1. The van der Waals surface area contributed by atoms with Crippen molar-refractivity contribution >= 4 is 29.9 Å². The summed E-state index contributed by atoms with van der Waals surface area (Å²) in [7, 11) is 0. The zero-order valence-electron chi connectivity index (χ0n) is 8.13. The van der Waals surface area contributed by atoms with E-state index in [2.05, 4.69) is 19.6 Å². The summed E-state index contributed by atoms with van der Waals surface area (Å²) in [5.41, 5.74) is 7.66. The molecule has 0 aliphatic rings. The van der Waals surface area contributed by atoms with E-state index in [0.717, 1.165) is 34.0 Å². The molecule has 0 saturated heterocycles. The van der Waals surface area contributed by atoms with Crippen LogP contribution in [0.2, 0.25) is 5.02 Å². The second kappa shape index (κ2) is 5.32. The van der Waals surface area contributed by atoms with E-state index in [1.54, 1.807) is 0 Å². The molecule has 0 unspecified atom stereocenters. The van der Waals surface area contributed by atoms with Crippen molar-refractivity contribution in [3.05, 3.63) is 39.8 Å². The van der Waals surface area contributed by atoms with E-state index in [4.69, 9.17) is 17.3 Å². The zero-order valence-corrected chi connectivity index (χ0v) is 9.78. The van der Waals surface area contributed by atoms with Gasteiger partial charge in [0.25, 0.3) is 0 Å². The Hall–Kier alpha value is -0.600. The van der Waals surface area contributed by atoms with Crippen molar-refractivity contribution in [2.75, 3.05) is 0 Å². The Kier molecular flexibility index (Phi) is 4.36. The molecule has 1 nitrogen and oxygen atoms in total. The maximum absolute atomic E-state index is 5.93. The van der Waals surface area contributed by atoms with E-state index < -0.39 is 0 Å². The summed E-state index contributed by atoms with van der Waals surface area (Å²) in [4.78, 5) is 0.940. The summed E-state index contributed by atoms with van der Waals surface area (Å²) >= 11 is 10.1. The largest absolute Gasteiger partial charge is 0.398 e. The van der Waals surface area contributed by atoms with Crippen LogP contribution in [0.3, 0.4) is 0 Å². The molecule has 1 aromatic carbocycles. The number of hydrogen-bond acceptors (Lipinski definition) is 2. The normalized spacial score (nSPS) is 12.5. The van der Waals surface area contributed by atoms with Crippen LogP contribution in [-0.2, 0) is 0 Å². The summed E-state index contributed by atoms with van der Waals surface area (Å²) in [5, 5.41) is 0.720. The molecular weight excluding hydrogens is 214 g/mol. The maximum Gasteiger partial charge on any atom is 0.0481 e. The predicted molar refractivity (Wildman–Crippen MR) is 66.5 cm³/mol. The van der Waals surface area contributed by atoms with Gasteiger partial charge in [-0.25, -0.2) is 0 Å². The van der Waals surface area contributed by atoms with Crippen molar-refractivity contribution in [1.82, 2.24) is 0 Å². The minimum absolute atomic E-state index is 0.720. The van der Waals surface area contributed by atoms with E-state index in [-0.39, 0.29) is 0 Å². The highest BCUT2D eigenvalue weighted by atomic mass is 35.5. The van der Waals surface area contributed by atoms with Crippen LogP contribution in [0.5, 0.6) is 0 Å². The van der Waals surface area contributed by atoms with E-state index in [9.17, 15) is 0 Å².